The number of hydrogen-bond donors (Lipinski definition) is 0. The summed E-state index contributed by atoms with van der Waals surface area (Å²) in [6.07, 6.45) is 0.349. The van der Waals surface area contributed by atoms with E-state index in [1.165, 1.54) is 0 Å². The number of Topliss-reactive ketones (excluding diaryl/α,β-unsaturated/α-hetero) is 1. The molecular weight excluding hydrogens is 188 g/mol. The van der Waals surface area contributed by atoms with E-state index in [0.717, 1.165) is 10.8 Å². The third-order valence-electron chi connectivity index (χ3n) is 2.16. The van der Waals surface area contributed by atoms with Gasteiger partial charge in [-0.05, 0) is 10.8 Å². The van der Waals surface area contributed by atoms with Crippen LogP contribution in [0.5, 0.6) is 0 Å². The number of aldehydes is 1. The Balaban J connectivity index is 0.00000112. The van der Waals surface area contributed by atoms with Gasteiger partial charge in [0.15, 0.2) is 6.29 Å². The maximum atomic E-state index is 11.3. The summed E-state index contributed by atoms with van der Waals surface area (Å²) in [7, 11) is 0. The number of carbonyl (C=O) groups excluding carboxylic acids is 2. The third kappa shape index (κ3) is 1.94. The zero-order chi connectivity index (χ0) is 9.97. The van der Waals surface area contributed by atoms with Crippen LogP contribution >= 0.6 is 0 Å². The molecule has 0 saturated heterocycles. The van der Waals surface area contributed by atoms with E-state index in [-0.39, 0.29) is 7.43 Å². The first-order chi connectivity index (χ1) is 6.83. The van der Waals surface area contributed by atoms with Gasteiger partial charge in [0.05, 0.1) is 0 Å². The summed E-state index contributed by atoms with van der Waals surface area (Å²) in [6.45, 7) is 0. The van der Waals surface area contributed by atoms with E-state index in [2.05, 4.69) is 0 Å². The number of carbonyl (C=O) groups is 2. The fraction of sp³-hybridized carbons (Fsp3) is 0.0769. The molecule has 2 heteroatoms. The summed E-state index contributed by atoms with van der Waals surface area (Å²) >= 11 is 0. The molecule has 0 atom stereocenters. The first-order valence-electron chi connectivity index (χ1n) is 4.30. The predicted octanol–water partition coefficient (Wildman–Crippen LogP) is 2.86. The molecule has 0 bridgehead atoms. The fourth-order valence-electron chi connectivity index (χ4n) is 1.50. The largest absolute Gasteiger partial charge is 0.294 e. The number of rotatable bonds is 2. The lowest BCUT2D eigenvalue weighted by atomic mass is 10.0. The number of benzene rings is 2. The molecule has 0 spiro atoms. The smallest absolute Gasteiger partial charge is 0.225 e. The van der Waals surface area contributed by atoms with Gasteiger partial charge in [-0.25, -0.2) is 0 Å². The Kier molecular flexibility index (Phi) is 3.34. The molecule has 0 N–H and O–H groups in total. The highest BCUT2D eigenvalue weighted by atomic mass is 16.2. The highest BCUT2D eigenvalue weighted by molar-refractivity contribution is 6.36. The van der Waals surface area contributed by atoms with Crippen LogP contribution in [0.1, 0.15) is 17.8 Å². The van der Waals surface area contributed by atoms with Crippen molar-refractivity contribution in [3.8, 4) is 0 Å². The lowest BCUT2D eigenvalue weighted by Gasteiger charge is -2.00. The van der Waals surface area contributed by atoms with Gasteiger partial charge in [0.2, 0.25) is 5.78 Å². The van der Waals surface area contributed by atoms with Crippen molar-refractivity contribution in [3.63, 3.8) is 0 Å². The van der Waals surface area contributed by atoms with Gasteiger partial charge in [-0.1, -0.05) is 49.9 Å². The fourth-order valence-corrected chi connectivity index (χ4v) is 1.50. The molecule has 76 valence electrons. The van der Waals surface area contributed by atoms with E-state index in [1.807, 2.05) is 30.3 Å². The molecule has 2 rings (SSSR count). The number of fused-ring (bicyclic) bond motifs is 1. The molecule has 0 aliphatic heterocycles. The van der Waals surface area contributed by atoms with E-state index >= 15 is 0 Å². The summed E-state index contributed by atoms with van der Waals surface area (Å²) in [4.78, 5) is 21.7. The lowest BCUT2D eigenvalue weighted by Crippen LogP contribution is -2.00. The van der Waals surface area contributed by atoms with Crippen LogP contribution in [0, 0.1) is 0 Å². The van der Waals surface area contributed by atoms with E-state index in [4.69, 9.17) is 0 Å². The topological polar surface area (TPSA) is 34.1 Å². The Morgan fingerprint density at radius 2 is 1.67 bits per heavy atom. The molecular formula is C13H12O2. The van der Waals surface area contributed by atoms with Gasteiger partial charge in [-0.3, -0.25) is 9.59 Å². The van der Waals surface area contributed by atoms with Crippen molar-refractivity contribution in [2.24, 2.45) is 0 Å². The van der Waals surface area contributed by atoms with Crippen LogP contribution in [0.2, 0.25) is 0 Å². The summed E-state index contributed by atoms with van der Waals surface area (Å²) in [5.41, 5.74) is 0.470. The molecule has 0 aliphatic rings. The normalized spacial score (nSPS) is 9.33. The number of hydrogen-bond acceptors (Lipinski definition) is 2. The second-order valence-electron chi connectivity index (χ2n) is 3.01. The van der Waals surface area contributed by atoms with Crippen LogP contribution in [0.15, 0.2) is 42.5 Å². The minimum absolute atomic E-state index is 0. The first kappa shape index (κ1) is 11.1. The molecule has 0 heterocycles. The lowest BCUT2D eigenvalue weighted by molar-refractivity contribution is -0.104. The molecule has 0 saturated carbocycles. The van der Waals surface area contributed by atoms with Gasteiger partial charge in [0.1, 0.15) is 0 Å². The van der Waals surface area contributed by atoms with Crippen molar-refractivity contribution in [1.29, 1.82) is 0 Å². The quantitative estimate of drug-likeness (QED) is 0.424. The van der Waals surface area contributed by atoms with E-state index < -0.39 is 5.78 Å². The standard InChI is InChI=1S/C12H8O2.CH4/c13-8-12(14)11-7-3-5-9-4-1-2-6-10(9)11;/h1-8H;1H4. The second kappa shape index (κ2) is 4.51. The minimum Gasteiger partial charge on any atom is -0.294 e. The van der Waals surface area contributed by atoms with Gasteiger partial charge < -0.3 is 0 Å². The summed E-state index contributed by atoms with van der Waals surface area (Å²) in [6, 6.07) is 12.9. The molecule has 2 nitrogen and oxygen atoms in total. The highest BCUT2D eigenvalue weighted by Crippen LogP contribution is 2.18. The first-order valence-corrected chi connectivity index (χ1v) is 4.30. The van der Waals surface area contributed by atoms with Gasteiger partial charge in [0, 0.05) is 5.56 Å². The van der Waals surface area contributed by atoms with E-state index in [1.54, 1.807) is 12.1 Å². The zero-order valence-electron chi connectivity index (χ0n) is 7.44. The Labute approximate surface area is 88.5 Å². The SMILES string of the molecule is C.O=CC(=O)c1cccc2ccccc12. The molecule has 2 aromatic rings. The van der Waals surface area contributed by atoms with Crippen LogP contribution in [0.3, 0.4) is 0 Å². The molecule has 0 amide bonds. The van der Waals surface area contributed by atoms with Crippen molar-refractivity contribution in [2.45, 2.75) is 7.43 Å². The van der Waals surface area contributed by atoms with E-state index in [9.17, 15) is 9.59 Å². The van der Waals surface area contributed by atoms with Crippen molar-refractivity contribution in [3.05, 3.63) is 48.0 Å². The molecule has 15 heavy (non-hydrogen) atoms. The predicted molar refractivity (Wildman–Crippen MR) is 61.1 cm³/mol. The summed E-state index contributed by atoms with van der Waals surface area (Å²) < 4.78 is 0. The summed E-state index contributed by atoms with van der Waals surface area (Å²) in [5.74, 6) is -0.471. The van der Waals surface area contributed by atoms with Gasteiger partial charge in [-0.2, -0.15) is 0 Å². The van der Waals surface area contributed by atoms with Crippen molar-refractivity contribution >= 4 is 22.8 Å². The Hall–Kier alpha value is -1.96. The van der Waals surface area contributed by atoms with Crippen molar-refractivity contribution in [1.82, 2.24) is 0 Å². The average molecular weight is 200 g/mol. The Bertz CT molecular complexity index is 495. The van der Waals surface area contributed by atoms with Crippen molar-refractivity contribution < 1.29 is 9.59 Å². The van der Waals surface area contributed by atoms with E-state index in [0.29, 0.717) is 11.8 Å². The molecule has 0 radical (unpaired) electrons. The number of ketones is 1. The minimum atomic E-state index is -0.471. The van der Waals surface area contributed by atoms with Crippen LogP contribution < -0.4 is 0 Å². The second-order valence-corrected chi connectivity index (χ2v) is 3.01. The van der Waals surface area contributed by atoms with Gasteiger partial charge in [0.25, 0.3) is 0 Å². The van der Waals surface area contributed by atoms with Crippen molar-refractivity contribution in [2.75, 3.05) is 0 Å². The van der Waals surface area contributed by atoms with Crippen LogP contribution in [0.4, 0.5) is 0 Å². The zero-order valence-corrected chi connectivity index (χ0v) is 7.44. The van der Waals surface area contributed by atoms with Gasteiger partial charge >= 0.3 is 0 Å². The summed E-state index contributed by atoms with van der Waals surface area (Å²) in [5, 5.41) is 1.80. The van der Waals surface area contributed by atoms with Crippen LogP contribution in [-0.4, -0.2) is 12.1 Å². The molecule has 0 aromatic heterocycles. The molecule has 0 aliphatic carbocycles. The molecule has 0 unspecified atom stereocenters. The third-order valence-corrected chi connectivity index (χ3v) is 2.16. The Morgan fingerprint density at radius 1 is 1.00 bits per heavy atom. The maximum Gasteiger partial charge on any atom is 0.225 e. The monoisotopic (exact) mass is 200 g/mol. The van der Waals surface area contributed by atoms with Gasteiger partial charge in [-0.15, -0.1) is 0 Å². The average Bonchev–Trinajstić information content (AvgIpc) is 2.27. The highest BCUT2D eigenvalue weighted by Gasteiger charge is 2.07. The molecule has 2 aromatic carbocycles. The Morgan fingerprint density at radius 3 is 2.40 bits per heavy atom. The van der Waals surface area contributed by atoms with Crippen LogP contribution in [-0.2, 0) is 4.79 Å². The maximum absolute atomic E-state index is 11.3. The van der Waals surface area contributed by atoms with Crippen LogP contribution in [0.25, 0.3) is 10.8 Å². The molecule has 0 fully saturated rings.